The van der Waals surface area contributed by atoms with Gasteiger partial charge in [0.1, 0.15) is 19.8 Å². The van der Waals surface area contributed by atoms with E-state index < -0.39 is 26.5 Å². The molecular weight excluding hydrogens is 786 g/mol. The van der Waals surface area contributed by atoms with Gasteiger partial charge in [-0.25, -0.2) is 0 Å². The predicted molar refractivity (Wildman–Crippen MR) is 254 cm³/mol. The Balaban J connectivity index is 4.24. The van der Waals surface area contributed by atoms with Crippen molar-refractivity contribution in [3.8, 4) is 0 Å². The van der Waals surface area contributed by atoms with Crippen LogP contribution in [0.15, 0.2) is 48.6 Å². The average molecular weight is 880 g/mol. The van der Waals surface area contributed by atoms with Gasteiger partial charge < -0.3 is 27.9 Å². The summed E-state index contributed by atoms with van der Waals surface area (Å²) in [7, 11) is 1.16. The number of nitrogens with zero attached hydrogens (tertiary/aromatic N) is 1. The number of esters is 2. The van der Waals surface area contributed by atoms with Crippen LogP contribution < -0.4 is 4.89 Å². The number of likely N-dealkylation sites (N-methyl/N-ethyl adjacent to an activating group) is 1. The highest BCUT2D eigenvalue weighted by Crippen LogP contribution is 2.38. The molecule has 0 aromatic heterocycles. The standard InChI is InChI=1S/C51H94NO8P/c1-6-8-10-12-14-16-18-20-22-23-24-25-26-27-28-29-30-32-34-36-38-40-42-44-51(54)60-49(48-59-61(55,56)58-46-45-52(3,4)5)47-57-50(53)43-41-39-37-35-33-31-21-19-17-15-13-11-9-7-2/h8,10,14,16,20,22,24-25,49H,6-7,9,11-13,15,17-19,21,23,26-48H2,1-5H3/b10-8-,16-14-,22-20-,25-24-. The van der Waals surface area contributed by atoms with Gasteiger partial charge in [0, 0.05) is 12.8 Å². The first-order valence-corrected chi connectivity index (χ1v) is 26.3. The zero-order valence-electron chi connectivity index (χ0n) is 40.1. The first-order chi connectivity index (χ1) is 29.5. The lowest BCUT2D eigenvalue weighted by Gasteiger charge is -2.28. The molecule has 0 amide bonds. The highest BCUT2D eigenvalue weighted by atomic mass is 31.2. The van der Waals surface area contributed by atoms with Crippen molar-refractivity contribution in [1.82, 2.24) is 0 Å². The van der Waals surface area contributed by atoms with Crippen molar-refractivity contribution in [2.75, 3.05) is 47.5 Å². The zero-order valence-corrected chi connectivity index (χ0v) is 41.0. The van der Waals surface area contributed by atoms with E-state index >= 15 is 0 Å². The number of phosphoric ester groups is 1. The van der Waals surface area contributed by atoms with Crippen LogP contribution in [0.25, 0.3) is 0 Å². The Morgan fingerprint density at radius 2 is 0.934 bits per heavy atom. The van der Waals surface area contributed by atoms with E-state index in [-0.39, 0.29) is 32.0 Å². The fourth-order valence-electron chi connectivity index (χ4n) is 6.76. The van der Waals surface area contributed by atoms with Gasteiger partial charge in [0.05, 0.1) is 27.7 Å². The Morgan fingerprint density at radius 3 is 1.39 bits per heavy atom. The fraction of sp³-hybridized carbons (Fsp3) is 0.804. The maximum absolute atomic E-state index is 12.7. The molecule has 61 heavy (non-hydrogen) atoms. The molecule has 2 atom stereocenters. The summed E-state index contributed by atoms with van der Waals surface area (Å²) in [4.78, 5) is 37.7. The summed E-state index contributed by atoms with van der Waals surface area (Å²) in [5, 5.41) is 0. The number of unbranched alkanes of at least 4 members (excludes halogenated alkanes) is 23. The van der Waals surface area contributed by atoms with E-state index in [1.54, 1.807) is 0 Å². The van der Waals surface area contributed by atoms with Crippen molar-refractivity contribution < 1.29 is 42.1 Å². The van der Waals surface area contributed by atoms with Gasteiger partial charge in [-0.15, -0.1) is 0 Å². The number of allylic oxidation sites excluding steroid dienone is 8. The van der Waals surface area contributed by atoms with Crippen LogP contribution in [-0.4, -0.2) is 70.0 Å². The SMILES string of the molecule is CC/C=C\C/C=C\C/C=C\C/C=C\CCCCCCCCCCCCC(=O)OC(COC(=O)CCCCCCCCCCCCCCCC)COP(=O)([O-])OCC[N+](C)(C)C. The van der Waals surface area contributed by atoms with Crippen LogP contribution in [0, 0.1) is 0 Å². The van der Waals surface area contributed by atoms with Crippen molar-refractivity contribution in [2.24, 2.45) is 0 Å². The molecule has 0 aliphatic heterocycles. The second-order valence-electron chi connectivity index (χ2n) is 17.8. The summed E-state index contributed by atoms with van der Waals surface area (Å²) >= 11 is 0. The quantitative estimate of drug-likeness (QED) is 0.0195. The van der Waals surface area contributed by atoms with Crippen molar-refractivity contribution in [1.29, 1.82) is 0 Å². The van der Waals surface area contributed by atoms with Crippen LogP contribution in [0.3, 0.4) is 0 Å². The number of hydrogen-bond donors (Lipinski definition) is 0. The van der Waals surface area contributed by atoms with Gasteiger partial charge >= 0.3 is 11.9 Å². The van der Waals surface area contributed by atoms with Crippen molar-refractivity contribution in [3.63, 3.8) is 0 Å². The Bertz CT molecular complexity index is 1180. The number of rotatable bonds is 45. The number of carbonyl (C=O) groups excluding carboxylic acids is 2. The van der Waals surface area contributed by atoms with Crippen LogP contribution in [0.4, 0.5) is 0 Å². The molecule has 0 rings (SSSR count). The number of hydrogen-bond acceptors (Lipinski definition) is 8. The third-order valence-electron chi connectivity index (χ3n) is 10.6. The minimum atomic E-state index is -4.63. The van der Waals surface area contributed by atoms with E-state index in [1.165, 1.54) is 109 Å². The molecule has 0 aromatic carbocycles. The van der Waals surface area contributed by atoms with E-state index in [2.05, 4.69) is 62.5 Å². The molecule has 9 nitrogen and oxygen atoms in total. The van der Waals surface area contributed by atoms with Crippen LogP contribution in [0.2, 0.25) is 0 Å². The topological polar surface area (TPSA) is 111 Å². The summed E-state index contributed by atoms with van der Waals surface area (Å²) in [6, 6.07) is 0. The smallest absolute Gasteiger partial charge is 0.306 e. The van der Waals surface area contributed by atoms with E-state index in [4.69, 9.17) is 18.5 Å². The minimum Gasteiger partial charge on any atom is -0.756 e. The monoisotopic (exact) mass is 880 g/mol. The predicted octanol–water partition coefficient (Wildman–Crippen LogP) is 14.0. The molecule has 0 heterocycles. The molecule has 0 aromatic rings. The lowest BCUT2D eigenvalue weighted by molar-refractivity contribution is -0.870. The summed E-state index contributed by atoms with van der Waals surface area (Å²) in [5.74, 6) is -0.833. The highest BCUT2D eigenvalue weighted by molar-refractivity contribution is 7.45. The second kappa shape index (κ2) is 43.2. The molecule has 0 N–H and O–H groups in total. The van der Waals surface area contributed by atoms with Gasteiger partial charge in [0.15, 0.2) is 6.10 Å². The minimum absolute atomic E-state index is 0.0316. The molecule has 10 heteroatoms. The third kappa shape index (κ3) is 47.3. The van der Waals surface area contributed by atoms with Crippen LogP contribution >= 0.6 is 7.82 Å². The van der Waals surface area contributed by atoms with E-state index in [0.29, 0.717) is 17.4 Å². The van der Waals surface area contributed by atoms with E-state index in [1.807, 2.05) is 21.1 Å². The fourth-order valence-corrected chi connectivity index (χ4v) is 7.49. The molecule has 0 saturated carbocycles. The summed E-state index contributed by atoms with van der Waals surface area (Å²) < 4.78 is 34.0. The molecule has 0 aliphatic rings. The molecule has 2 unspecified atom stereocenters. The molecule has 0 bridgehead atoms. The average Bonchev–Trinajstić information content (AvgIpc) is 3.21. The van der Waals surface area contributed by atoms with Gasteiger partial charge in [0.25, 0.3) is 7.82 Å². The largest absolute Gasteiger partial charge is 0.756 e. The van der Waals surface area contributed by atoms with Crippen LogP contribution in [-0.2, 0) is 32.7 Å². The molecule has 0 radical (unpaired) electrons. The van der Waals surface area contributed by atoms with Gasteiger partial charge in [0.2, 0.25) is 0 Å². The van der Waals surface area contributed by atoms with Crippen molar-refractivity contribution in [2.45, 2.75) is 219 Å². The first kappa shape index (κ1) is 59.0. The Hall–Kier alpha value is -2.03. The van der Waals surface area contributed by atoms with Crippen LogP contribution in [0.1, 0.15) is 213 Å². The Labute approximate surface area is 375 Å². The summed E-state index contributed by atoms with van der Waals surface area (Å²) in [6.07, 6.45) is 51.3. The Morgan fingerprint density at radius 1 is 0.525 bits per heavy atom. The maximum atomic E-state index is 12.7. The highest BCUT2D eigenvalue weighted by Gasteiger charge is 2.21. The van der Waals surface area contributed by atoms with Crippen molar-refractivity contribution >= 4 is 19.8 Å². The summed E-state index contributed by atoms with van der Waals surface area (Å²) in [5.41, 5.74) is 0. The van der Waals surface area contributed by atoms with E-state index in [0.717, 1.165) is 70.6 Å². The van der Waals surface area contributed by atoms with Crippen LogP contribution in [0.5, 0.6) is 0 Å². The number of ether oxygens (including phenoxy) is 2. The number of carbonyl (C=O) groups is 2. The molecule has 0 aliphatic carbocycles. The lowest BCUT2D eigenvalue weighted by atomic mass is 10.0. The van der Waals surface area contributed by atoms with Gasteiger partial charge in [-0.1, -0.05) is 197 Å². The Kier molecular flexibility index (Phi) is 41.8. The summed E-state index contributed by atoms with van der Waals surface area (Å²) in [6.45, 7) is 4.13. The maximum Gasteiger partial charge on any atom is 0.306 e. The molecule has 0 spiro atoms. The van der Waals surface area contributed by atoms with Gasteiger partial charge in [-0.3, -0.25) is 14.2 Å². The third-order valence-corrected chi connectivity index (χ3v) is 11.6. The zero-order chi connectivity index (χ0) is 45.0. The second-order valence-corrected chi connectivity index (χ2v) is 19.2. The normalized spacial score (nSPS) is 13.9. The number of phosphoric acid groups is 1. The van der Waals surface area contributed by atoms with E-state index in [9.17, 15) is 19.0 Å². The molecular formula is C51H94NO8P. The van der Waals surface area contributed by atoms with Crippen molar-refractivity contribution in [3.05, 3.63) is 48.6 Å². The molecule has 356 valence electrons. The molecule has 0 saturated heterocycles. The van der Waals surface area contributed by atoms with Gasteiger partial charge in [-0.2, -0.15) is 0 Å². The lowest BCUT2D eigenvalue weighted by Crippen LogP contribution is -2.37. The molecule has 0 fully saturated rings. The van der Waals surface area contributed by atoms with Gasteiger partial charge in [-0.05, 0) is 51.4 Å². The number of quaternary nitrogens is 1. The first-order valence-electron chi connectivity index (χ1n) is 24.8.